The van der Waals surface area contributed by atoms with Crippen LogP contribution in [0.1, 0.15) is 56.2 Å². The number of aromatic nitrogens is 2. The molecule has 0 unspecified atom stereocenters. The summed E-state index contributed by atoms with van der Waals surface area (Å²) in [5.41, 5.74) is 0.813. The number of carbonyl (C=O) groups excluding carboxylic acids is 2. The Morgan fingerprint density at radius 1 is 1.12 bits per heavy atom. The molecule has 0 radical (unpaired) electrons. The number of carbonyl (C=O) groups is 2. The predicted molar refractivity (Wildman–Crippen MR) is 132 cm³/mol. The third-order valence-corrected chi connectivity index (χ3v) is 5.70. The van der Waals surface area contributed by atoms with E-state index in [4.69, 9.17) is 4.74 Å². The van der Waals surface area contributed by atoms with Crippen LogP contribution < -0.4 is 15.5 Å². The third-order valence-electron chi connectivity index (χ3n) is 5.70. The second-order valence-electron chi connectivity index (χ2n) is 9.58. The van der Waals surface area contributed by atoms with E-state index in [-0.39, 0.29) is 18.0 Å². The van der Waals surface area contributed by atoms with Crippen molar-refractivity contribution < 1.29 is 14.3 Å². The fraction of sp³-hybridized carbons (Fsp3) is 0.385. The van der Waals surface area contributed by atoms with Crippen LogP contribution in [0.3, 0.4) is 0 Å². The average Bonchev–Trinajstić information content (AvgIpc) is 3.25. The Bertz CT molecular complexity index is 1190. The van der Waals surface area contributed by atoms with Crippen LogP contribution in [0.5, 0.6) is 0 Å². The zero-order chi connectivity index (χ0) is 24.3. The lowest BCUT2D eigenvalue weighted by Gasteiger charge is -2.22. The highest BCUT2D eigenvalue weighted by Gasteiger charge is 2.28. The number of fused-ring (bicyclic) bond motifs is 1. The first-order valence-corrected chi connectivity index (χ1v) is 11.6. The highest BCUT2D eigenvalue weighted by Crippen LogP contribution is 2.24. The number of hydrogen-bond acceptors (Lipinski definition) is 6. The minimum absolute atomic E-state index is 0.0673. The molecule has 1 fully saturated rings. The average molecular weight is 462 g/mol. The van der Waals surface area contributed by atoms with Crippen LogP contribution in [0.2, 0.25) is 0 Å². The molecule has 1 aliphatic rings. The second kappa shape index (κ2) is 9.67. The quantitative estimate of drug-likeness (QED) is 0.590. The maximum Gasteiger partial charge on any atom is 0.407 e. The molecule has 2 amide bonds. The molecular weight excluding hydrogens is 430 g/mol. The van der Waals surface area contributed by atoms with Crippen LogP contribution in [0.15, 0.2) is 54.7 Å². The van der Waals surface area contributed by atoms with Crippen molar-refractivity contribution in [3.8, 4) is 0 Å². The first kappa shape index (κ1) is 23.5. The van der Waals surface area contributed by atoms with Gasteiger partial charge in [-0.3, -0.25) is 4.79 Å². The van der Waals surface area contributed by atoms with Gasteiger partial charge in [-0.1, -0.05) is 42.5 Å². The molecule has 1 aromatic heterocycles. The normalized spacial score (nSPS) is 16.8. The van der Waals surface area contributed by atoms with E-state index >= 15 is 0 Å². The molecule has 2 atom stereocenters. The summed E-state index contributed by atoms with van der Waals surface area (Å²) in [6.45, 7) is 8.70. The van der Waals surface area contributed by atoms with Crippen LogP contribution in [-0.2, 0) is 4.74 Å². The Morgan fingerprint density at radius 2 is 1.88 bits per heavy atom. The van der Waals surface area contributed by atoms with Gasteiger partial charge in [0, 0.05) is 19.3 Å². The highest BCUT2D eigenvalue weighted by molar-refractivity contribution is 5.93. The molecule has 4 rings (SSSR count). The molecule has 1 aliphatic heterocycles. The van der Waals surface area contributed by atoms with E-state index in [0.29, 0.717) is 24.7 Å². The fourth-order valence-corrected chi connectivity index (χ4v) is 4.14. The predicted octanol–water partition coefficient (Wildman–Crippen LogP) is 4.22. The summed E-state index contributed by atoms with van der Waals surface area (Å²) in [6.07, 6.45) is 1.90. The summed E-state index contributed by atoms with van der Waals surface area (Å²) < 4.78 is 5.34. The fourth-order valence-electron chi connectivity index (χ4n) is 4.14. The molecule has 34 heavy (non-hydrogen) atoms. The van der Waals surface area contributed by atoms with Gasteiger partial charge in [0.1, 0.15) is 11.3 Å². The smallest absolute Gasteiger partial charge is 0.407 e. The van der Waals surface area contributed by atoms with Crippen molar-refractivity contribution in [2.75, 3.05) is 18.0 Å². The summed E-state index contributed by atoms with van der Waals surface area (Å²) in [5.74, 6) is 0.214. The van der Waals surface area contributed by atoms with Crippen molar-refractivity contribution in [2.24, 2.45) is 0 Å². The minimum Gasteiger partial charge on any atom is -0.444 e. The van der Waals surface area contributed by atoms with Crippen molar-refractivity contribution in [1.82, 2.24) is 20.6 Å². The summed E-state index contributed by atoms with van der Waals surface area (Å²) >= 11 is 0. The van der Waals surface area contributed by atoms with Gasteiger partial charge in [0.2, 0.25) is 5.95 Å². The van der Waals surface area contributed by atoms with Gasteiger partial charge in [-0.25, -0.2) is 14.8 Å². The molecule has 0 bridgehead atoms. The van der Waals surface area contributed by atoms with Gasteiger partial charge in [0.25, 0.3) is 5.91 Å². The van der Waals surface area contributed by atoms with Crippen LogP contribution in [-0.4, -0.2) is 46.7 Å². The molecular formula is C26H31N5O3. The van der Waals surface area contributed by atoms with E-state index in [9.17, 15) is 9.59 Å². The zero-order valence-electron chi connectivity index (χ0n) is 20.0. The standard InChI is InChI=1S/C26H31N5O3/c1-17(20-11-7-9-18-8-5-6-10-21(18)20)28-23(32)22-12-14-27-24(30-22)31-15-13-19(16-31)29-25(33)34-26(2,3)4/h5-12,14,17,19H,13,15-16H2,1-4H3,(H,28,32)(H,29,33)/t17-,19-/m1/s1. The van der Waals surface area contributed by atoms with E-state index in [2.05, 4.69) is 38.8 Å². The molecule has 2 heterocycles. The maximum absolute atomic E-state index is 13.0. The molecule has 0 aliphatic carbocycles. The number of nitrogens with one attached hydrogen (secondary N) is 2. The van der Waals surface area contributed by atoms with E-state index in [1.807, 2.05) is 56.9 Å². The molecule has 2 N–H and O–H groups in total. The Labute approximate surface area is 199 Å². The molecule has 8 heteroatoms. The number of nitrogens with zero attached hydrogens (tertiary/aromatic N) is 3. The van der Waals surface area contributed by atoms with Crippen molar-refractivity contribution in [2.45, 2.75) is 51.8 Å². The summed E-state index contributed by atoms with van der Waals surface area (Å²) in [6, 6.07) is 15.6. The Kier molecular flexibility index (Phi) is 6.68. The van der Waals surface area contributed by atoms with E-state index in [0.717, 1.165) is 22.8 Å². The molecule has 3 aromatic rings. The Hall–Kier alpha value is -3.68. The second-order valence-corrected chi connectivity index (χ2v) is 9.58. The zero-order valence-corrected chi connectivity index (χ0v) is 20.0. The van der Waals surface area contributed by atoms with Gasteiger partial charge in [0.15, 0.2) is 0 Å². The van der Waals surface area contributed by atoms with Gasteiger partial charge in [-0.15, -0.1) is 0 Å². The monoisotopic (exact) mass is 461 g/mol. The van der Waals surface area contributed by atoms with Gasteiger partial charge in [-0.2, -0.15) is 0 Å². The van der Waals surface area contributed by atoms with Gasteiger partial charge in [0.05, 0.1) is 12.1 Å². The maximum atomic E-state index is 13.0. The molecule has 8 nitrogen and oxygen atoms in total. The SMILES string of the molecule is C[C@@H](NC(=O)c1ccnc(N2CC[C@@H](NC(=O)OC(C)(C)C)C2)n1)c1cccc2ccccc12. The lowest BCUT2D eigenvalue weighted by Crippen LogP contribution is -2.40. The highest BCUT2D eigenvalue weighted by atomic mass is 16.6. The van der Waals surface area contributed by atoms with Crippen LogP contribution in [0.4, 0.5) is 10.7 Å². The van der Waals surface area contributed by atoms with E-state index in [1.54, 1.807) is 12.3 Å². The molecule has 1 saturated heterocycles. The minimum atomic E-state index is -0.545. The number of hydrogen-bond donors (Lipinski definition) is 2. The van der Waals surface area contributed by atoms with Gasteiger partial charge < -0.3 is 20.3 Å². The van der Waals surface area contributed by atoms with Gasteiger partial charge >= 0.3 is 6.09 Å². The van der Waals surface area contributed by atoms with Crippen molar-refractivity contribution in [3.05, 3.63) is 66.0 Å². The third kappa shape index (κ3) is 5.62. The first-order valence-electron chi connectivity index (χ1n) is 11.6. The van der Waals surface area contributed by atoms with Crippen LogP contribution in [0.25, 0.3) is 10.8 Å². The lowest BCUT2D eigenvalue weighted by molar-refractivity contribution is 0.0508. The summed E-state index contributed by atoms with van der Waals surface area (Å²) in [4.78, 5) is 35.9. The number of amides is 2. The largest absolute Gasteiger partial charge is 0.444 e. The van der Waals surface area contributed by atoms with Gasteiger partial charge in [-0.05, 0) is 56.5 Å². The van der Waals surface area contributed by atoms with Crippen molar-refractivity contribution in [3.63, 3.8) is 0 Å². The number of ether oxygens (including phenoxy) is 1. The molecule has 0 spiro atoms. The van der Waals surface area contributed by atoms with Crippen molar-refractivity contribution >= 4 is 28.7 Å². The Morgan fingerprint density at radius 3 is 2.68 bits per heavy atom. The summed E-state index contributed by atoms with van der Waals surface area (Å²) in [5, 5.41) is 8.20. The number of benzene rings is 2. The summed E-state index contributed by atoms with van der Waals surface area (Å²) in [7, 11) is 0. The molecule has 2 aromatic carbocycles. The molecule has 178 valence electrons. The van der Waals surface area contributed by atoms with Crippen molar-refractivity contribution in [1.29, 1.82) is 0 Å². The van der Waals surface area contributed by atoms with Crippen LogP contribution >= 0.6 is 0 Å². The number of rotatable bonds is 5. The number of alkyl carbamates (subject to hydrolysis) is 1. The Balaban J connectivity index is 1.40. The molecule has 0 saturated carbocycles. The lowest BCUT2D eigenvalue weighted by atomic mass is 9.99. The van der Waals surface area contributed by atoms with Crippen LogP contribution in [0, 0.1) is 0 Å². The topological polar surface area (TPSA) is 96.5 Å². The number of anilines is 1. The van der Waals surface area contributed by atoms with E-state index < -0.39 is 11.7 Å². The first-order chi connectivity index (χ1) is 16.2. The van der Waals surface area contributed by atoms with E-state index in [1.165, 1.54) is 0 Å².